The minimum absolute atomic E-state index is 0.162. The molecule has 0 spiro atoms. The molecule has 0 atom stereocenters. The lowest BCUT2D eigenvalue weighted by Gasteiger charge is -2.33. The van der Waals surface area contributed by atoms with E-state index in [1.54, 1.807) is 12.1 Å². The van der Waals surface area contributed by atoms with Gasteiger partial charge in [-0.15, -0.1) is 0 Å². The fourth-order valence-electron chi connectivity index (χ4n) is 3.00. The van der Waals surface area contributed by atoms with Crippen LogP contribution in [0.3, 0.4) is 0 Å². The third-order valence-corrected chi connectivity index (χ3v) is 4.22. The lowest BCUT2D eigenvalue weighted by molar-refractivity contribution is -0.122. The highest BCUT2D eigenvalue weighted by atomic mass is 19.1. The Kier molecular flexibility index (Phi) is 6.52. The van der Waals surface area contributed by atoms with Gasteiger partial charge in [0.15, 0.2) is 0 Å². The Morgan fingerprint density at radius 3 is 2.43 bits per heavy atom. The van der Waals surface area contributed by atoms with Crippen molar-refractivity contribution in [2.24, 2.45) is 0 Å². The lowest BCUT2D eigenvalue weighted by atomic mass is 9.93. The van der Waals surface area contributed by atoms with Crippen molar-refractivity contribution in [3.05, 3.63) is 35.6 Å². The van der Waals surface area contributed by atoms with E-state index in [2.05, 4.69) is 15.5 Å². The van der Waals surface area contributed by atoms with Crippen LogP contribution in [0.1, 0.15) is 37.7 Å². The average molecular weight is 321 g/mol. The number of rotatable bonds is 5. The summed E-state index contributed by atoms with van der Waals surface area (Å²) in [6.45, 7) is 0.738. The van der Waals surface area contributed by atoms with Crippen LogP contribution in [0.4, 0.5) is 9.18 Å². The molecule has 0 bridgehead atoms. The summed E-state index contributed by atoms with van der Waals surface area (Å²) in [7, 11) is 1.47. The van der Waals surface area contributed by atoms with E-state index in [9.17, 15) is 14.0 Å². The van der Waals surface area contributed by atoms with Crippen molar-refractivity contribution in [2.75, 3.05) is 13.6 Å². The Morgan fingerprint density at radius 2 is 1.83 bits per heavy atom. The third-order valence-electron chi connectivity index (χ3n) is 4.22. The molecule has 5 nitrogen and oxygen atoms in total. The van der Waals surface area contributed by atoms with Crippen LogP contribution in [-0.4, -0.2) is 36.5 Å². The zero-order chi connectivity index (χ0) is 16.7. The van der Waals surface area contributed by atoms with Crippen molar-refractivity contribution in [1.82, 2.24) is 15.5 Å². The van der Waals surface area contributed by atoms with E-state index < -0.39 is 6.03 Å². The highest BCUT2D eigenvalue weighted by molar-refractivity contribution is 5.95. The summed E-state index contributed by atoms with van der Waals surface area (Å²) in [5, 5.41) is 4.68. The molecular weight excluding hydrogens is 297 g/mol. The summed E-state index contributed by atoms with van der Waals surface area (Å²) in [5.41, 5.74) is 0.963. The van der Waals surface area contributed by atoms with Gasteiger partial charge in [0.2, 0.25) is 5.91 Å². The number of nitrogens with zero attached hydrogens (tertiary/aromatic N) is 1. The van der Waals surface area contributed by atoms with Gasteiger partial charge in [-0.25, -0.2) is 9.18 Å². The normalized spacial score (nSPS) is 15.4. The number of halogens is 1. The number of carbonyl (C=O) groups excluding carboxylic acids is 2. The van der Waals surface area contributed by atoms with E-state index in [-0.39, 0.29) is 18.3 Å². The maximum absolute atomic E-state index is 13.0. The van der Waals surface area contributed by atoms with Gasteiger partial charge in [-0.1, -0.05) is 31.4 Å². The number of carbonyl (C=O) groups is 2. The number of hydrogen-bond acceptors (Lipinski definition) is 3. The van der Waals surface area contributed by atoms with E-state index in [4.69, 9.17) is 0 Å². The van der Waals surface area contributed by atoms with Gasteiger partial charge in [0.1, 0.15) is 5.82 Å². The Hall–Kier alpha value is -1.95. The van der Waals surface area contributed by atoms with Gasteiger partial charge in [-0.3, -0.25) is 15.0 Å². The van der Waals surface area contributed by atoms with E-state index in [1.165, 1.54) is 25.6 Å². The van der Waals surface area contributed by atoms with Gasteiger partial charge in [0, 0.05) is 19.6 Å². The van der Waals surface area contributed by atoms with Gasteiger partial charge in [0.25, 0.3) is 0 Å². The number of nitrogens with one attached hydrogen (secondary N) is 2. The van der Waals surface area contributed by atoms with Crippen LogP contribution in [0.2, 0.25) is 0 Å². The van der Waals surface area contributed by atoms with Crippen LogP contribution in [0, 0.1) is 5.82 Å². The molecule has 126 valence electrons. The molecule has 2 rings (SSSR count). The molecule has 6 heteroatoms. The molecule has 0 unspecified atom stereocenters. The van der Waals surface area contributed by atoms with Gasteiger partial charge in [-0.05, 0) is 30.5 Å². The molecule has 1 aliphatic rings. The van der Waals surface area contributed by atoms with Gasteiger partial charge in [-0.2, -0.15) is 0 Å². The summed E-state index contributed by atoms with van der Waals surface area (Å²) >= 11 is 0. The topological polar surface area (TPSA) is 61.4 Å². The van der Waals surface area contributed by atoms with Crippen LogP contribution in [0.15, 0.2) is 24.3 Å². The summed E-state index contributed by atoms with van der Waals surface area (Å²) < 4.78 is 13.0. The molecule has 1 fully saturated rings. The van der Waals surface area contributed by atoms with Crippen LogP contribution in [0.5, 0.6) is 0 Å². The first-order valence-electron chi connectivity index (χ1n) is 8.08. The molecule has 23 heavy (non-hydrogen) atoms. The van der Waals surface area contributed by atoms with Crippen molar-refractivity contribution in [1.29, 1.82) is 0 Å². The first kappa shape index (κ1) is 17.4. The first-order chi connectivity index (χ1) is 11.1. The van der Waals surface area contributed by atoms with Crippen LogP contribution in [-0.2, 0) is 11.3 Å². The number of benzene rings is 1. The second-order valence-corrected chi connectivity index (χ2v) is 5.95. The minimum atomic E-state index is -0.500. The van der Waals surface area contributed by atoms with Gasteiger partial charge in [0.05, 0.1) is 6.54 Å². The van der Waals surface area contributed by atoms with E-state index >= 15 is 0 Å². The van der Waals surface area contributed by atoms with Crippen molar-refractivity contribution >= 4 is 11.9 Å². The molecule has 0 aliphatic heterocycles. The lowest BCUT2D eigenvalue weighted by Crippen LogP contribution is -2.46. The van der Waals surface area contributed by atoms with Gasteiger partial charge < -0.3 is 5.32 Å². The summed E-state index contributed by atoms with van der Waals surface area (Å²) in [6.07, 6.45) is 5.64. The molecule has 0 heterocycles. The van der Waals surface area contributed by atoms with Crippen molar-refractivity contribution in [3.63, 3.8) is 0 Å². The van der Waals surface area contributed by atoms with Crippen LogP contribution in [0.25, 0.3) is 0 Å². The molecular formula is C17H24FN3O2. The fourth-order valence-corrected chi connectivity index (χ4v) is 3.00. The minimum Gasteiger partial charge on any atom is -0.341 e. The third kappa shape index (κ3) is 5.63. The second kappa shape index (κ2) is 8.62. The number of urea groups is 1. The smallest absolute Gasteiger partial charge is 0.321 e. The van der Waals surface area contributed by atoms with E-state index in [1.807, 2.05) is 0 Å². The Labute approximate surface area is 136 Å². The van der Waals surface area contributed by atoms with E-state index in [0.717, 1.165) is 31.2 Å². The fraction of sp³-hybridized carbons (Fsp3) is 0.529. The zero-order valence-corrected chi connectivity index (χ0v) is 13.5. The Balaban J connectivity index is 2.03. The first-order valence-corrected chi connectivity index (χ1v) is 8.08. The molecule has 3 amide bonds. The molecule has 0 saturated heterocycles. The Morgan fingerprint density at radius 1 is 1.17 bits per heavy atom. The molecule has 1 aromatic carbocycles. The second-order valence-electron chi connectivity index (χ2n) is 5.95. The van der Waals surface area contributed by atoms with E-state index in [0.29, 0.717) is 12.6 Å². The summed E-state index contributed by atoms with van der Waals surface area (Å²) in [4.78, 5) is 25.4. The maximum atomic E-state index is 13.0. The average Bonchev–Trinajstić information content (AvgIpc) is 2.57. The largest absolute Gasteiger partial charge is 0.341 e. The van der Waals surface area contributed by atoms with Crippen molar-refractivity contribution < 1.29 is 14.0 Å². The molecule has 2 N–H and O–H groups in total. The van der Waals surface area contributed by atoms with Crippen LogP contribution < -0.4 is 10.6 Å². The summed E-state index contributed by atoms with van der Waals surface area (Å²) in [6, 6.07) is 6.16. The predicted molar refractivity (Wildman–Crippen MR) is 86.3 cm³/mol. The number of imide groups is 1. The molecule has 0 radical (unpaired) electrons. The van der Waals surface area contributed by atoms with Crippen LogP contribution >= 0.6 is 0 Å². The summed E-state index contributed by atoms with van der Waals surface area (Å²) in [5.74, 6) is -0.590. The SMILES string of the molecule is CNC(=O)NC(=O)CN(Cc1ccc(F)cc1)C1CCCCC1. The molecule has 1 saturated carbocycles. The molecule has 1 aliphatic carbocycles. The Bertz CT molecular complexity index is 527. The predicted octanol–water partition coefficient (Wildman–Crippen LogP) is 2.42. The quantitative estimate of drug-likeness (QED) is 0.875. The zero-order valence-electron chi connectivity index (χ0n) is 13.5. The number of amides is 3. The highest BCUT2D eigenvalue weighted by Crippen LogP contribution is 2.24. The highest BCUT2D eigenvalue weighted by Gasteiger charge is 2.23. The van der Waals surface area contributed by atoms with Crippen molar-refractivity contribution in [3.8, 4) is 0 Å². The molecule has 1 aromatic rings. The number of hydrogen-bond donors (Lipinski definition) is 2. The van der Waals surface area contributed by atoms with Crippen molar-refractivity contribution in [2.45, 2.75) is 44.7 Å². The maximum Gasteiger partial charge on any atom is 0.321 e. The monoisotopic (exact) mass is 321 g/mol. The standard InChI is InChI=1S/C17H24FN3O2/c1-19-17(23)20-16(22)12-21(15-5-3-2-4-6-15)11-13-7-9-14(18)10-8-13/h7-10,15H,2-6,11-12H2,1H3,(H2,19,20,22,23). The van der Waals surface area contributed by atoms with Gasteiger partial charge >= 0.3 is 6.03 Å². The molecule has 0 aromatic heterocycles.